The average molecular weight is 473 g/mol. The quantitative estimate of drug-likeness (QED) is 0.404. The van der Waals surface area contributed by atoms with E-state index in [9.17, 15) is 4.79 Å². The van der Waals surface area contributed by atoms with Crippen molar-refractivity contribution in [2.75, 3.05) is 0 Å². The summed E-state index contributed by atoms with van der Waals surface area (Å²) in [6, 6.07) is 13.8. The molecule has 0 aliphatic carbocycles. The summed E-state index contributed by atoms with van der Waals surface area (Å²) in [5, 5.41) is 3.83. The minimum absolute atomic E-state index is 0.201. The minimum Gasteiger partial charge on any atom is -0.488 e. The van der Waals surface area contributed by atoms with Crippen LogP contribution in [0.25, 0.3) is 0 Å². The summed E-state index contributed by atoms with van der Waals surface area (Å²) in [6.45, 7) is 1.92. The van der Waals surface area contributed by atoms with E-state index in [1.165, 1.54) is 10.5 Å². The lowest BCUT2D eigenvalue weighted by molar-refractivity contribution is -0.118. The number of ether oxygens (including phenoxy) is 1. The molecule has 2 rings (SSSR count). The molecular weight excluding hydrogens is 459 g/mol. The molecule has 0 aromatic heterocycles. The largest absolute Gasteiger partial charge is 0.488 e. The van der Waals surface area contributed by atoms with Crippen LogP contribution >= 0.6 is 38.5 Å². The Morgan fingerprint density at radius 2 is 2.05 bits per heavy atom. The van der Waals surface area contributed by atoms with E-state index in [0.717, 1.165) is 21.3 Å². The molecule has 0 bridgehead atoms. The van der Waals surface area contributed by atoms with Gasteiger partial charge in [-0.15, -0.1) is 0 Å². The van der Waals surface area contributed by atoms with Gasteiger partial charge in [-0.25, -0.2) is 5.43 Å². The molecule has 0 atom stereocenters. The zero-order chi connectivity index (χ0) is 15.9. The molecule has 114 valence electrons. The van der Waals surface area contributed by atoms with Crippen LogP contribution in [0, 0.1) is 3.57 Å². The number of nitrogens with one attached hydrogen (secondary N) is 1. The van der Waals surface area contributed by atoms with Gasteiger partial charge in [0.25, 0.3) is 0 Å². The number of nitrogens with zero attached hydrogens (tertiary/aromatic N) is 1. The van der Waals surface area contributed by atoms with E-state index in [2.05, 4.69) is 61.2 Å². The van der Waals surface area contributed by atoms with Crippen LogP contribution < -0.4 is 10.2 Å². The van der Waals surface area contributed by atoms with Gasteiger partial charge in [0.05, 0.1) is 10.7 Å². The predicted molar refractivity (Wildman–Crippen MR) is 99.0 cm³/mol. The molecule has 0 unspecified atom stereocenters. The summed E-state index contributed by atoms with van der Waals surface area (Å²) >= 11 is 5.75. The van der Waals surface area contributed by atoms with Crippen molar-refractivity contribution in [3.8, 4) is 5.75 Å². The second-order valence-electron chi connectivity index (χ2n) is 4.53. The molecule has 1 N–H and O–H groups in total. The fraction of sp³-hybridized carbons (Fsp3) is 0.125. The van der Waals surface area contributed by atoms with E-state index in [0.29, 0.717) is 6.61 Å². The van der Waals surface area contributed by atoms with Gasteiger partial charge in [0.2, 0.25) is 5.91 Å². The lowest BCUT2D eigenvalue weighted by Crippen LogP contribution is -2.12. The number of carbonyl (C=O) groups is 1. The van der Waals surface area contributed by atoms with Gasteiger partial charge in [-0.1, -0.05) is 12.1 Å². The van der Waals surface area contributed by atoms with E-state index in [-0.39, 0.29) is 5.91 Å². The Morgan fingerprint density at radius 1 is 1.32 bits per heavy atom. The molecule has 1 amide bonds. The van der Waals surface area contributed by atoms with Gasteiger partial charge >= 0.3 is 0 Å². The second-order valence-corrected chi connectivity index (χ2v) is 6.63. The summed E-state index contributed by atoms with van der Waals surface area (Å²) in [4.78, 5) is 10.7. The van der Waals surface area contributed by atoms with Crippen molar-refractivity contribution >= 4 is 50.6 Å². The molecule has 0 aliphatic heterocycles. The molecule has 22 heavy (non-hydrogen) atoms. The van der Waals surface area contributed by atoms with Crippen molar-refractivity contribution < 1.29 is 9.53 Å². The Morgan fingerprint density at radius 3 is 2.68 bits per heavy atom. The first kappa shape index (κ1) is 17.0. The first-order valence-corrected chi connectivity index (χ1v) is 8.38. The van der Waals surface area contributed by atoms with Gasteiger partial charge in [-0.3, -0.25) is 4.79 Å². The number of benzene rings is 2. The van der Waals surface area contributed by atoms with Crippen molar-refractivity contribution in [1.82, 2.24) is 5.43 Å². The van der Waals surface area contributed by atoms with Crippen LogP contribution in [0.1, 0.15) is 18.1 Å². The molecule has 2 aromatic rings. The van der Waals surface area contributed by atoms with Gasteiger partial charge in [0.1, 0.15) is 12.4 Å². The molecule has 0 aliphatic rings. The third-order valence-electron chi connectivity index (χ3n) is 2.70. The summed E-state index contributed by atoms with van der Waals surface area (Å²) in [7, 11) is 0. The van der Waals surface area contributed by atoms with Gasteiger partial charge in [-0.05, 0) is 80.0 Å². The summed E-state index contributed by atoms with van der Waals surface area (Å²) in [5.74, 6) is 0.558. The second kappa shape index (κ2) is 8.28. The van der Waals surface area contributed by atoms with E-state index < -0.39 is 0 Å². The van der Waals surface area contributed by atoms with Crippen LogP contribution in [-0.2, 0) is 11.4 Å². The van der Waals surface area contributed by atoms with Gasteiger partial charge in [0, 0.05) is 10.5 Å². The normalized spacial score (nSPS) is 10.7. The van der Waals surface area contributed by atoms with Gasteiger partial charge in [0.15, 0.2) is 0 Å². The van der Waals surface area contributed by atoms with E-state index in [1.807, 2.05) is 30.3 Å². The Labute approximate surface area is 151 Å². The number of carbonyl (C=O) groups excluding carboxylic acids is 1. The van der Waals surface area contributed by atoms with E-state index in [1.54, 1.807) is 6.21 Å². The number of rotatable bonds is 5. The zero-order valence-electron chi connectivity index (χ0n) is 11.8. The van der Waals surface area contributed by atoms with Crippen molar-refractivity contribution in [2.45, 2.75) is 13.5 Å². The predicted octanol–water partition coefficient (Wildman–Crippen LogP) is 4.10. The highest BCUT2D eigenvalue weighted by atomic mass is 127. The first-order valence-electron chi connectivity index (χ1n) is 6.51. The van der Waals surface area contributed by atoms with Crippen LogP contribution in [0.5, 0.6) is 5.75 Å². The molecule has 0 radical (unpaired) electrons. The lowest BCUT2D eigenvalue weighted by atomic mass is 10.2. The number of hydrazone groups is 1. The molecule has 0 saturated heterocycles. The Hall–Kier alpha value is -1.41. The van der Waals surface area contributed by atoms with Crippen LogP contribution in [0.2, 0.25) is 0 Å². The third-order valence-corrected chi connectivity index (χ3v) is 4.04. The number of amides is 1. The molecule has 0 fully saturated rings. The van der Waals surface area contributed by atoms with Gasteiger partial charge < -0.3 is 4.74 Å². The molecular formula is C16H14BrIN2O2. The zero-order valence-corrected chi connectivity index (χ0v) is 15.6. The maximum atomic E-state index is 10.7. The highest BCUT2D eigenvalue weighted by molar-refractivity contribution is 14.1. The molecule has 4 nitrogen and oxygen atoms in total. The van der Waals surface area contributed by atoms with Crippen molar-refractivity contribution in [2.24, 2.45) is 5.10 Å². The van der Waals surface area contributed by atoms with Crippen LogP contribution in [-0.4, -0.2) is 12.1 Å². The van der Waals surface area contributed by atoms with E-state index in [4.69, 9.17) is 4.74 Å². The Kier molecular flexibility index (Phi) is 6.38. The highest BCUT2D eigenvalue weighted by Crippen LogP contribution is 2.26. The lowest BCUT2D eigenvalue weighted by Gasteiger charge is -2.09. The Balaban J connectivity index is 1.98. The monoisotopic (exact) mass is 472 g/mol. The number of hydrogen-bond acceptors (Lipinski definition) is 3. The third kappa shape index (κ3) is 5.42. The topological polar surface area (TPSA) is 50.7 Å². The average Bonchev–Trinajstić information content (AvgIpc) is 2.48. The molecule has 0 saturated carbocycles. The van der Waals surface area contributed by atoms with Crippen LogP contribution in [0.4, 0.5) is 0 Å². The van der Waals surface area contributed by atoms with Crippen molar-refractivity contribution in [3.63, 3.8) is 0 Å². The van der Waals surface area contributed by atoms with Crippen LogP contribution in [0.15, 0.2) is 52.0 Å². The fourth-order valence-corrected chi connectivity index (χ4v) is 2.52. The fourth-order valence-electron chi connectivity index (χ4n) is 1.65. The SMILES string of the molecule is CC(=O)N/N=C\c1ccc(OCc2ccc(I)cc2)c(Br)c1. The van der Waals surface area contributed by atoms with Crippen LogP contribution in [0.3, 0.4) is 0 Å². The summed E-state index contributed by atoms with van der Waals surface area (Å²) in [5.41, 5.74) is 4.34. The maximum absolute atomic E-state index is 10.7. The summed E-state index contributed by atoms with van der Waals surface area (Å²) < 4.78 is 7.83. The van der Waals surface area contributed by atoms with E-state index >= 15 is 0 Å². The standard InChI is InChI=1S/C16H14BrIN2O2/c1-11(21)20-19-9-13-4-7-16(15(17)8-13)22-10-12-2-5-14(18)6-3-12/h2-9H,10H2,1H3,(H,20,21)/b19-9-. The van der Waals surface area contributed by atoms with Crippen molar-refractivity contribution in [1.29, 1.82) is 0 Å². The summed E-state index contributed by atoms with van der Waals surface area (Å²) in [6.07, 6.45) is 1.58. The first-order chi connectivity index (χ1) is 10.5. The Bertz CT molecular complexity index is 687. The number of hydrogen-bond donors (Lipinski definition) is 1. The minimum atomic E-state index is -0.201. The number of halogens is 2. The van der Waals surface area contributed by atoms with Crippen molar-refractivity contribution in [3.05, 3.63) is 61.6 Å². The van der Waals surface area contributed by atoms with Gasteiger partial charge in [-0.2, -0.15) is 5.10 Å². The molecule has 6 heteroatoms. The molecule has 0 spiro atoms. The smallest absolute Gasteiger partial charge is 0.236 e. The molecule has 0 heterocycles. The molecule has 2 aromatic carbocycles. The maximum Gasteiger partial charge on any atom is 0.236 e. The highest BCUT2D eigenvalue weighted by Gasteiger charge is 2.03.